The summed E-state index contributed by atoms with van der Waals surface area (Å²) in [6.45, 7) is 10.7. The van der Waals surface area contributed by atoms with Crippen LogP contribution in [0.15, 0.2) is 53.4 Å². The highest BCUT2D eigenvalue weighted by Crippen LogP contribution is 2.46. The number of carbonyl (C=O) groups is 4. The van der Waals surface area contributed by atoms with Crippen LogP contribution in [0.25, 0.3) is 10.9 Å². The molecule has 3 aromatic carbocycles. The number of piperidine rings is 2. The molecule has 0 radical (unpaired) electrons. The first-order chi connectivity index (χ1) is 26.6. The predicted molar refractivity (Wildman–Crippen MR) is 212 cm³/mol. The Morgan fingerprint density at radius 1 is 1.02 bits per heavy atom. The summed E-state index contributed by atoms with van der Waals surface area (Å²) in [5.41, 5.74) is 8.39. The van der Waals surface area contributed by atoms with Gasteiger partial charge < -0.3 is 24.8 Å². The van der Waals surface area contributed by atoms with Crippen molar-refractivity contribution in [2.75, 3.05) is 43.5 Å². The minimum absolute atomic E-state index is 0.0451. The van der Waals surface area contributed by atoms with Gasteiger partial charge in [-0.2, -0.15) is 5.26 Å². The average molecular weight is 759 g/mol. The molecule has 0 saturated carbocycles. The van der Waals surface area contributed by atoms with Gasteiger partial charge in [0.2, 0.25) is 11.8 Å². The number of fused-ring (bicyclic) bond motifs is 5. The van der Waals surface area contributed by atoms with E-state index in [1.54, 1.807) is 22.7 Å². The van der Waals surface area contributed by atoms with Crippen molar-refractivity contribution in [3.8, 4) is 6.07 Å². The monoisotopic (exact) mass is 758 g/mol. The van der Waals surface area contributed by atoms with E-state index in [0.717, 1.165) is 88.4 Å². The Kier molecular flexibility index (Phi) is 10.0. The lowest BCUT2D eigenvalue weighted by Crippen LogP contribution is -2.52. The van der Waals surface area contributed by atoms with Crippen molar-refractivity contribution in [1.29, 1.82) is 5.26 Å². The molecule has 12 heteroatoms. The number of imide groups is 1. The second-order valence-electron chi connectivity index (χ2n) is 15.4. The highest BCUT2D eigenvalue weighted by atomic mass is 32.2. The number of amides is 3. The maximum atomic E-state index is 14.1. The number of ether oxygens (including phenoxy) is 1. The lowest BCUT2D eigenvalue weighted by molar-refractivity contribution is -0.136. The molecule has 3 aliphatic heterocycles. The summed E-state index contributed by atoms with van der Waals surface area (Å²) < 4.78 is 5.98. The van der Waals surface area contributed by atoms with Gasteiger partial charge in [0.05, 0.1) is 30.4 Å². The van der Waals surface area contributed by atoms with E-state index in [0.29, 0.717) is 43.3 Å². The molecule has 284 valence electrons. The molecule has 1 unspecified atom stereocenters. The zero-order valence-corrected chi connectivity index (χ0v) is 32.4. The number of nitriles is 1. The Bertz CT molecular complexity index is 2270. The SMILES string of the molecule is CCc1cc2c(cc1N1CCC(NCCOCCSc3cccc4c3CN(C3CCC(=O)NC3=O)C4=O)CC1)C(C)(C)c1[nH]c3cc(C#N)ccc3c1C2=O. The van der Waals surface area contributed by atoms with Crippen LogP contribution in [0, 0.1) is 11.3 Å². The number of nitrogens with one attached hydrogen (secondary N) is 3. The fraction of sp³-hybridized carbons (Fsp3) is 0.419. The Hall–Kier alpha value is -4.96. The molecule has 4 aliphatic rings. The van der Waals surface area contributed by atoms with Crippen LogP contribution in [-0.4, -0.2) is 84.1 Å². The molecule has 1 atom stereocenters. The molecule has 4 heterocycles. The molecule has 4 aromatic rings. The lowest BCUT2D eigenvalue weighted by atomic mass is 9.70. The Balaban J connectivity index is 0.819. The molecule has 8 rings (SSSR count). The van der Waals surface area contributed by atoms with Crippen molar-refractivity contribution in [3.05, 3.63) is 93.2 Å². The molecule has 1 aliphatic carbocycles. The van der Waals surface area contributed by atoms with Crippen LogP contribution in [0.4, 0.5) is 5.69 Å². The number of ketones is 1. The second-order valence-corrected chi connectivity index (χ2v) is 16.6. The summed E-state index contributed by atoms with van der Waals surface area (Å²) in [6, 6.07) is 17.6. The number of anilines is 1. The number of hydrogen-bond acceptors (Lipinski definition) is 9. The largest absolute Gasteiger partial charge is 0.379 e. The standard InChI is InChI=1S/C43H46N6O5S/c1-4-26-21-30-32(43(2,3)40-38(39(30)51)29-9-8-25(23-44)20-33(29)46-40)22-35(26)48-15-12-27(13-16-48)45-14-17-54-18-19-55-36-7-5-6-28-31(36)24-49(42(28)53)34-10-11-37(50)47-41(34)52/h5-9,20-22,27,34,45-46H,4,10-19,24H2,1-3H3,(H,47,50,52). The number of aromatic nitrogens is 1. The van der Waals surface area contributed by atoms with Crippen molar-refractivity contribution in [2.24, 2.45) is 0 Å². The van der Waals surface area contributed by atoms with E-state index in [1.807, 2.05) is 30.3 Å². The van der Waals surface area contributed by atoms with Gasteiger partial charge in [0.25, 0.3) is 5.91 Å². The molecule has 0 bridgehead atoms. The third kappa shape index (κ3) is 6.72. The molecule has 3 amide bonds. The van der Waals surface area contributed by atoms with Crippen LogP contribution < -0.4 is 15.5 Å². The zero-order valence-electron chi connectivity index (χ0n) is 31.5. The van der Waals surface area contributed by atoms with Crippen molar-refractivity contribution in [3.63, 3.8) is 0 Å². The maximum Gasteiger partial charge on any atom is 0.255 e. The third-order valence-electron chi connectivity index (χ3n) is 11.8. The highest BCUT2D eigenvalue weighted by Gasteiger charge is 2.42. The number of hydrogen-bond donors (Lipinski definition) is 3. The second kappa shape index (κ2) is 14.9. The van der Waals surface area contributed by atoms with Crippen LogP contribution >= 0.6 is 11.8 Å². The van der Waals surface area contributed by atoms with Gasteiger partial charge in [-0.3, -0.25) is 24.5 Å². The van der Waals surface area contributed by atoms with E-state index < -0.39 is 17.4 Å². The summed E-state index contributed by atoms with van der Waals surface area (Å²) >= 11 is 1.66. The normalized spacial score (nSPS) is 19.3. The molecule has 0 spiro atoms. The van der Waals surface area contributed by atoms with Gasteiger partial charge in [0, 0.05) is 88.1 Å². The number of aromatic amines is 1. The van der Waals surface area contributed by atoms with Gasteiger partial charge in [-0.05, 0) is 78.8 Å². The molecule has 3 N–H and O–H groups in total. The summed E-state index contributed by atoms with van der Waals surface area (Å²) in [6.07, 6.45) is 3.45. The number of rotatable bonds is 11. The molecule has 1 aromatic heterocycles. The maximum absolute atomic E-state index is 14.1. The van der Waals surface area contributed by atoms with Crippen LogP contribution in [0.1, 0.15) is 101 Å². The number of H-pyrrole nitrogens is 1. The molecule has 2 saturated heterocycles. The minimum atomic E-state index is -0.618. The lowest BCUT2D eigenvalue weighted by Gasteiger charge is -2.38. The first-order valence-electron chi connectivity index (χ1n) is 19.3. The molecular weight excluding hydrogens is 713 g/mol. The summed E-state index contributed by atoms with van der Waals surface area (Å²) in [5.74, 6) is -0.0533. The van der Waals surface area contributed by atoms with Gasteiger partial charge in [-0.1, -0.05) is 32.9 Å². The predicted octanol–water partition coefficient (Wildman–Crippen LogP) is 5.60. The Labute approximate surface area is 325 Å². The quantitative estimate of drug-likeness (QED) is 0.101. The van der Waals surface area contributed by atoms with Crippen molar-refractivity contribution >= 4 is 51.9 Å². The van der Waals surface area contributed by atoms with Crippen molar-refractivity contribution in [1.82, 2.24) is 20.5 Å². The molecule has 55 heavy (non-hydrogen) atoms. The molecular formula is C43H46N6O5S. The van der Waals surface area contributed by atoms with Crippen LogP contribution in [0.5, 0.6) is 0 Å². The van der Waals surface area contributed by atoms with Crippen LogP contribution in [0.2, 0.25) is 0 Å². The average Bonchev–Trinajstić information content (AvgIpc) is 3.75. The van der Waals surface area contributed by atoms with E-state index in [9.17, 15) is 24.4 Å². The van der Waals surface area contributed by atoms with E-state index in [2.05, 4.69) is 59.5 Å². The summed E-state index contributed by atoms with van der Waals surface area (Å²) in [4.78, 5) is 59.8. The van der Waals surface area contributed by atoms with E-state index in [4.69, 9.17) is 4.74 Å². The fourth-order valence-electron chi connectivity index (χ4n) is 8.82. The molecule has 11 nitrogen and oxygen atoms in total. The van der Waals surface area contributed by atoms with Crippen molar-refractivity contribution < 1.29 is 23.9 Å². The van der Waals surface area contributed by atoms with Crippen LogP contribution in [0.3, 0.4) is 0 Å². The number of thioether (sulfide) groups is 1. The smallest absolute Gasteiger partial charge is 0.255 e. The number of nitrogens with zero attached hydrogens (tertiary/aromatic N) is 3. The summed E-state index contributed by atoms with van der Waals surface area (Å²) in [7, 11) is 0. The van der Waals surface area contributed by atoms with Crippen molar-refractivity contribution in [2.45, 2.75) is 81.8 Å². The fourth-order valence-corrected chi connectivity index (χ4v) is 9.77. The number of aryl methyl sites for hydroxylation is 1. The summed E-state index contributed by atoms with van der Waals surface area (Å²) in [5, 5.41) is 16.4. The van der Waals surface area contributed by atoms with Gasteiger partial charge in [0.15, 0.2) is 5.78 Å². The minimum Gasteiger partial charge on any atom is -0.379 e. The Morgan fingerprint density at radius 3 is 2.60 bits per heavy atom. The number of benzene rings is 3. The van der Waals surface area contributed by atoms with Crippen LogP contribution in [-0.2, 0) is 32.7 Å². The topological polar surface area (TPSA) is 148 Å². The molecule has 2 fully saturated rings. The first kappa shape index (κ1) is 37.0. The van der Waals surface area contributed by atoms with Gasteiger partial charge in [0.1, 0.15) is 6.04 Å². The van der Waals surface area contributed by atoms with Gasteiger partial charge >= 0.3 is 0 Å². The first-order valence-corrected chi connectivity index (χ1v) is 20.3. The van der Waals surface area contributed by atoms with E-state index >= 15 is 0 Å². The highest BCUT2D eigenvalue weighted by molar-refractivity contribution is 7.99. The van der Waals surface area contributed by atoms with E-state index in [-0.39, 0.29) is 24.0 Å². The third-order valence-corrected chi connectivity index (χ3v) is 12.9. The van der Waals surface area contributed by atoms with Gasteiger partial charge in [-0.25, -0.2) is 0 Å². The van der Waals surface area contributed by atoms with E-state index in [1.165, 1.54) is 11.3 Å². The Morgan fingerprint density at radius 2 is 1.84 bits per heavy atom. The number of carbonyl (C=O) groups excluding carboxylic acids is 4. The van der Waals surface area contributed by atoms with Gasteiger partial charge in [-0.15, -0.1) is 11.8 Å². The zero-order chi connectivity index (χ0) is 38.4.